The zero-order chi connectivity index (χ0) is 14.7. The summed E-state index contributed by atoms with van der Waals surface area (Å²) in [6.07, 6.45) is -3.19. The van der Waals surface area contributed by atoms with Gasteiger partial charge >= 0.3 is 6.18 Å². The zero-order valence-electron chi connectivity index (χ0n) is 11.4. The molecule has 1 atom stereocenters. The van der Waals surface area contributed by atoms with E-state index in [1.807, 2.05) is 13.8 Å². The Kier molecular flexibility index (Phi) is 5.24. The van der Waals surface area contributed by atoms with Gasteiger partial charge in [0.2, 0.25) is 5.91 Å². The molecule has 1 aliphatic rings. The van der Waals surface area contributed by atoms with E-state index < -0.39 is 24.2 Å². The first-order chi connectivity index (χ1) is 8.67. The van der Waals surface area contributed by atoms with Crippen LogP contribution in [0.25, 0.3) is 0 Å². The Morgan fingerprint density at radius 1 is 1.32 bits per heavy atom. The molecule has 6 heteroatoms. The molecular formula is C13H22F3NO2. The van der Waals surface area contributed by atoms with Gasteiger partial charge in [-0.2, -0.15) is 13.2 Å². The van der Waals surface area contributed by atoms with Gasteiger partial charge in [-0.3, -0.25) is 4.79 Å². The van der Waals surface area contributed by atoms with Crippen molar-refractivity contribution in [1.82, 2.24) is 5.32 Å². The highest BCUT2D eigenvalue weighted by Gasteiger charge is 2.43. The van der Waals surface area contributed by atoms with Gasteiger partial charge in [0, 0.05) is 5.41 Å². The van der Waals surface area contributed by atoms with Crippen LogP contribution < -0.4 is 5.32 Å². The Bertz CT molecular complexity index is 310. The maximum Gasteiger partial charge on any atom is 0.416 e. The monoisotopic (exact) mass is 281 g/mol. The highest BCUT2D eigenvalue weighted by molar-refractivity contribution is 5.82. The van der Waals surface area contributed by atoms with Gasteiger partial charge in [-0.15, -0.1) is 0 Å². The largest absolute Gasteiger partial charge is 0.416 e. The predicted molar refractivity (Wildman–Crippen MR) is 65.4 cm³/mol. The van der Waals surface area contributed by atoms with Gasteiger partial charge in [-0.1, -0.05) is 26.7 Å². The second-order valence-electron chi connectivity index (χ2n) is 5.85. The van der Waals surface area contributed by atoms with E-state index in [4.69, 9.17) is 5.11 Å². The average molecular weight is 281 g/mol. The number of alkyl halides is 3. The van der Waals surface area contributed by atoms with Crippen LogP contribution in [0.2, 0.25) is 0 Å². The number of rotatable bonds is 5. The Hall–Kier alpha value is -0.780. The van der Waals surface area contributed by atoms with E-state index in [1.165, 1.54) is 0 Å². The van der Waals surface area contributed by atoms with Crippen LogP contribution in [0.1, 0.15) is 46.0 Å². The van der Waals surface area contributed by atoms with Crippen molar-refractivity contribution >= 4 is 5.91 Å². The summed E-state index contributed by atoms with van der Waals surface area (Å²) in [6, 6.07) is 0. The van der Waals surface area contributed by atoms with Crippen molar-refractivity contribution in [2.24, 2.45) is 11.3 Å². The molecule has 0 aliphatic heterocycles. The number of aliphatic hydroxyl groups is 1. The number of carbonyl (C=O) groups is 1. The molecule has 0 radical (unpaired) electrons. The van der Waals surface area contributed by atoms with Gasteiger partial charge in [0.25, 0.3) is 0 Å². The lowest BCUT2D eigenvalue weighted by molar-refractivity contribution is -0.202. The molecule has 3 nitrogen and oxygen atoms in total. The molecule has 19 heavy (non-hydrogen) atoms. The van der Waals surface area contributed by atoms with Crippen LogP contribution in [0.3, 0.4) is 0 Å². The maximum atomic E-state index is 12.2. The number of hydrogen-bond donors (Lipinski definition) is 2. The molecule has 0 heterocycles. The highest BCUT2D eigenvalue weighted by atomic mass is 19.4. The summed E-state index contributed by atoms with van der Waals surface area (Å²) in [7, 11) is 0. The van der Waals surface area contributed by atoms with Crippen molar-refractivity contribution in [1.29, 1.82) is 0 Å². The van der Waals surface area contributed by atoms with Crippen molar-refractivity contribution in [3.63, 3.8) is 0 Å². The third-order valence-electron chi connectivity index (χ3n) is 3.68. The Balaban J connectivity index is 2.59. The Labute approximate surface area is 111 Å². The van der Waals surface area contributed by atoms with Crippen LogP contribution >= 0.6 is 0 Å². The van der Waals surface area contributed by atoms with Crippen LogP contribution in [0.15, 0.2) is 0 Å². The molecule has 1 amide bonds. The lowest BCUT2D eigenvalue weighted by Gasteiger charge is -2.30. The summed E-state index contributed by atoms with van der Waals surface area (Å²) >= 11 is 0. The predicted octanol–water partition coefficient (Wildman–Crippen LogP) is 2.63. The van der Waals surface area contributed by atoms with Crippen LogP contribution in [-0.2, 0) is 4.79 Å². The average Bonchev–Trinajstić information content (AvgIpc) is 2.72. The summed E-state index contributed by atoms with van der Waals surface area (Å²) in [5, 5.41) is 11.2. The lowest BCUT2D eigenvalue weighted by atomic mass is 9.77. The maximum absolute atomic E-state index is 12.2. The third kappa shape index (κ3) is 4.37. The summed E-state index contributed by atoms with van der Waals surface area (Å²) in [6.45, 7) is 3.23. The highest BCUT2D eigenvalue weighted by Crippen LogP contribution is 2.43. The normalized spacial score (nSPS) is 20.6. The quantitative estimate of drug-likeness (QED) is 0.814. The molecule has 2 N–H and O–H groups in total. The number of nitrogens with one attached hydrogen (secondary N) is 1. The van der Waals surface area contributed by atoms with E-state index in [9.17, 15) is 18.0 Å². The number of hydrogen-bond acceptors (Lipinski definition) is 2. The van der Waals surface area contributed by atoms with E-state index in [2.05, 4.69) is 5.32 Å². The van der Waals surface area contributed by atoms with Crippen LogP contribution in [-0.4, -0.2) is 29.8 Å². The van der Waals surface area contributed by atoms with Gasteiger partial charge in [-0.05, 0) is 25.2 Å². The zero-order valence-corrected chi connectivity index (χ0v) is 11.4. The smallest absolute Gasteiger partial charge is 0.382 e. The summed E-state index contributed by atoms with van der Waals surface area (Å²) in [5.74, 6) is -0.0293. The first-order valence-corrected chi connectivity index (χ1v) is 6.70. The van der Waals surface area contributed by atoms with Crippen LogP contribution in [0.4, 0.5) is 13.2 Å². The van der Waals surface area contributed by atoms with E-state index in [1.54, 1.807) is 0 Å². The van der Waals surface area contributed by atoms with Gasteiger partial charge in [0.15, 0.2) is 6.10 Å². The van der Waals surface area contributed by atoms with E-state index in [0.717, 1.165) is 25.7 Å². The molecule has 0 aromatic heterocycles. The number of amides is 1. The molecule has 1 unspecified atom stereocenters. The summed E-state index contributed by atoms with van der Waals surface area (Å²) < 4.78 is 36.5. The molecule has 1 rings (SSSR count). The topological polar surface area (TPSA) is 49.3 Å². The van der Waals surface area contributed by atoms with E-state index >= 15 is 0 Å². The van der Waals surface area contributed by atoms with Crippen molar-refractivity contribution < 1.29 is 23.1 Å². The second-order valence-corrected chi connectivity index (χ2v) is 5.85. The van der Waals surface area contributed by atoms with Gasteiger partial charge in [0.1, 0.15) is 0 Å². The summed E-state index contributed by atoms with van der Waals surface area (Å²) in [4.78, 5) is 12.1. The van der Waals surface area contributed by atoms with Crippen molar-refractivity contribution in [3.05, 3.63) is 0 Å². The Morgan fingerprint density at radius 3 is 2.26 bits per heavy atom. The lowest BCUT2D eigenvalue weighted by Crippen LogP contribution is -2.46. The fourth-order valence-electron chi connectivity index (χ4n) is 2.85. The van der Waals surface area contributed by atoms with Gasteiger partial charge in [-0.25, -0.2) is 0 Å². The van der Waals surface area contributed by atoms with Crippen molar-refractivity contribution in [2.75, 3.05) is 6.54 Å². The van der Waals surface area contributed by atoms with Crippen molar-refractivity contribution in [3.8, 4) is 0 Å². The van der Waals surface area contributed by atoms with E-state index in [0.29, 0.717) is 12.3 Å². The molecule has 1 aliphatic carbocycles. The minimum Gasteiger partial charge on any atom is -0.382 e. The molecular weight excluding hydrogens is 259 g/mol. The molecule has 1 fully saturated rings. The van der Waals surface area contributed by atoms with Crippen molar-refractivity contribution in [2.45, 2.75) is 58.2 Å². The van der Waals surface area contributed by atoms with Gasteiger partial charge < -0.3 is 10.4 Å². The molecule has 0 saturated heterocycles. The summed E-state index contributed by atoms with van der Waals surface area (Å²) in [5.41, 5.74) is -0.542. The standard InChI is InChI=1S/C13H22F3NO2/c1-9(2)7-12(5-3-4-6-12)11(19)17-8-10(18)13(14,15)16/h9-10,18H,3-8H2,1-2H3,(H,17,19). The third-order valence-corrected chi connectivity index (χ3v) is 3.68. The molecule has 0 bridgehead atoms. The van der Waals surface area contributed by atoms with Crippen LogP contribution in [0.5, 0.6) is 0 Å². The molecule has 0 aromatic rings. The van der Waals surface area contributed by atoms with Gasteiger partial charge in [0.05, 0.1) is 6.54 Å². The minimum absolute atomic E-state index is 0.316. The first-order valence-electron chi connectivity index (χ1n) is 6.70. The SMILES string of the molecule is CC(C)CC1(C(=O)NCC(O)C(F)(F)F)CCCC1. The number of halogens is 3. The number of carbonyl (C=O) groups excluding carboxylic acids is 1. The molecule has 0 aromatic carbocycles. The molecule has 1 saturated carbocycles. The number of aliphatic hydroxyl groups excluding tert-OH is 1. The second kappa shape index (κ2) is 6.11. The minimum atomic E-state index is -4.69. The van der Waals surface area contributed by atoms with Crippen LogP contribution in [0, 0.1) is 11.3 Å². The fraction of sp³-hybridized carbons (Fsp3) is 0.923. The molecule has 112 valence electrons. The fourth-order valence-corrected chi connectivity index (χ4v) is 2.85. The first kappa shape index (κ1) is 16.3. The molecule has 0 spiro atoms. The van der Waals surface area contributed by atoms with E-state index in [-0.39, 0.29) is 5.91 Å². The Morgan fingerprint density at radius 2 is 1.84 bits per heavy atom.